The summed E-state index contributed by atoms with van der Waals surface area (Å²) in [6, 6.07) is 18.0. The monoisotopic (exact) mass is 312 g/mol. The molecule has 0 saturated heterocycles. The molecule has 0 saturated carbocycles. The van der Waals surface area contributed by atoms with Crippen LogP contribution in [0.15, 0.2) is 54.6 Å². The highest BCUT2D eigenvalue weighted by molar-refractivity contribution is 5.77. The van der Waals surface area contributed by atoms with E-state index in [-0.39, 0.29) is 18.6 Å². The Bertz CT molecular complexity index is 626. The summed E-state index contributed by atoms with van der Waals surface area (Å²) in [6.07, 6.45) is 0. The quantitative estimate of drug-likeness (QED) is 0.855. The number of nitrogens with zero attached hydrogens (tertiary/aromatic N) is 1. The summed E-state index contributed by atoms with van der Waals surface area (Å²) in [4.78, 5) is 14.1. The van der Waals surface area contributed by atoms with Gasteiger partial charge in [-0.3, -0.25) is 4.79 Å². The highest BCUT2D eigenvalue weighted by Crippen LogP contribution is 2.16. The minimum Gasteiger partial charge on any atom is -0.484 e. The number of benzene rings is 2. The lowest BCUT2D eigenvalue weighted by molar-refractivity contribution is -0.123. The number of hydrogen-bond acceptors (Lipinski definition) is 3. The molecule has 0 spiro atoms. The van der Waals surface area contributed by atoms with E-state index in [1.54, 1.807) is 0 Å². The minimum absolute atomic E-state index is 0.0262. The van der Waals surface area contributed by atoms with Crippen molar-refractivity contribution in [2.45, 2.75) is 13.0 Å². The molecule has 0 fully saturated rings. The third-order valence-corrected chi connectivity index (χ3v) is 3.66. The molecule has 122 valence electrons. The number of aryl methyl sites for hydroxylation is 1. The lowest BCUT2D eigenvalue weighted by Crippen LogP contribution is -2.36. The maximum atomic E-state index is 12.0. The highest BCUT2D eigenvalue weighted by Gasteiger charge is 2.15. The molecule has 1 atom stereocenters. The third kappa shape index (κ3) is 5.42. The van der Waals surface area contributed by atoms with Gasteiger partial charge in [-0.15, -0.1) is 0 Å². The Hall–Kier alpha value is -2.33. The Morgan fingerprint density at radius 3 is 2.52 bits per heavy atom. The van der Waals surface area contributed by atoms with Gasteiger partial charge in [0.15, 0.2) is 6.61 Å². The summed E-state index contributed by atoms with van der Waals surface area (Å²) >= 11 is 0. The summed E-state index contributed by atoms with van der Waals surface area (Å²) in [5.74, 6) is 0.599. The van der Waals surface area contributed by atoms with Crippen LogP contribution in [-0.2, 0) is 4.79 Å². The van der Waals surface area contributed by atoms with Crippen molar-refractivity contribution >= 4 is 5.91 Å². The maximum absolute atomic E-state index is 12.0. The van der Waals surface area contributed by atoms with E-state index in [4.69, 9.17) is 4.74 Å². The average Bonchev–Trinajstić information content (AvgIpc) is 2.54. The van der Waals surface area contributed by atoms with Gasteiger partial charge in [0, 0.05) is 6.54 Å². The first-order valence-corrected chi connectivity index (χ1v) is 7.74. The lowest BCUT2D eigenvalue weighted by Gasteiger charge is -2.25. The first kappa shape index (κ1) is 17.0. The molecule has 0 radical (unpaired) electrons. The smallest absolute Gasteiger partial charge is 0.258 e. The topological polar surface area (TPSA) is 41.6 Å². The van der Waals surface area contributed by atoms with Gasteiger partial charge in [0.2, 0.25) is 0 Å². The summed E-state index contributed by atoms with van der Waals surface area (Å²) < 4.78 is 5.52. The van der Waals surface area contributed by atoms with Crippen molar-refractivity contribution in [2.24, 2.45) is 0 Å². The maximum Gasteiger partial charge on any atom is 0.258 e. The summed E-state index contributed by atoms with van der Waals surface area (Å²) in [5.41, 5.74) is 2.29. The molecule has 4 heteroatoms. The van der Waals surface area contributed by atoms with Crippen LogP contribution >= 0.6 is 0 Å². The van der Waals surface area contributed by atoms with Crippen LogP contribution in [0.3, 0.4) is 0 Å². The van der Waals surface area contributed by atoms with E-state index in [2.05, 4.69) is 22.3 Å². The zero-order valence-corrected chi connectivity index (χ0v) is 14.0. The molecular formula is C19H24N2O2. The molecule has 0 aromatic heterocycles. The van der Waals surface area contributed by atoms with Crippen LogP contribution in [0, 0.1) is 6.92 Å². The number of ether oxygens (including phenoxy) is 1. The molecule has 1 amide bonds. The average molecular weight is 312 g/mol. The second-order valence-corrected chi connectivity index (χ2v) is 5.80. The zero-order chi connectivity index (χ0) is 16.7. The van der Waals surface area contributed by atoms with E-state index in [0.717, 1.165) is 5.56 Å². The molecule has 0 aliphatic heterocycles. The Morgan fingerprint density at radius 1 is 1.13 bits per heavy atom. The van der Waals surface area contributed by atoms with Crippen LogP contribution in [0.1, 0.15) is 17.2 Å². The number of amides is 1. The van der Waals surface area contributed by atoms with Gasteiger partial charge in [0.1, 0.15) is 5.75 Å². The van der Waals surface area contributed by atoms with E-state index in [9.17, 15) is 4.79 Å². The van der Waals surface area contributed by atoms with Gasteiger partial charge in [-0.1, -0.05) is 42.5 Å². The Kier molecular flexibility index (Phi) is 6.18. The molecule has 1 N–H and O–H groups in total. The van der Waals surface area contributed by atoms with E-state index in [1.807, 2.05) is 63.5 Å². The van der Waals surface area contributed by atoms with Crippen LogP contribution in [0.2, 0.25) is 0 Å². The second-order valence-electron chi connectivity index (χ2n) is 5.80. The number of hydrogen-bond donors (Lipinski definition) is 1. The van der Waals surface area contributed by atoms with E-state index in [0.29, 0.717) is 12.3 Å². The Balaban J connectivity index is 1.85. The molecule has 0 aliphatic carbocycles. The van der Waals surface area contributed by atoms with Crippen molar-refractivity contribution < 1.29 is 9.53 Å². The number of carbonyl (C=O) groups excluding carboxylic acids is 1. The number of likely N-dealkylation sites (N-methyl/N-ethyl adjacent to an activating group) is 1. The fraction of sp³-hybridized carbons (Fsp3) is 0.316. The summed E-state index contributed by atoms with van der Waals surface area (Å²) in [7, 11) is 4.01. The molecule has 0 bridgehead atoms. The summed E-state index contributed by atoms with van der Waals surface area (Å²) in [5, 5.41) is 2.94. The normalized spacial score (nSPS) is 12.0. The fourth-order valence-corrected chi connectivity index (χ4v) is 2.39. The molecule has 0 heterocycles. The van der Waals surface area contributed by atoms with Crippen molar-refractivity contribution in [2.75, 3.05) is 27.2 Å². The van der Waals surface area contributed by atoms with E-state index in [1.165, 1.54) is 5.56 Å². The van der Waals surface area contributed by atoms with Gasteiger partial charge >= 0.3 is 0 Å². The molecule has 23 heavy (non-hydrogen) atoms. The fourth-order valence-electron chi connectivity index (χ4n) is 2.39. The molecule has 2 aromatic carbocycles. The lowest BCUT2D eigenvalue weighted by atomic mass is 10.1. The van der Waals surface area contributed by atoms with Crippen molar-refractivity contribution in [3.63, 3.8) is 0 Å². The number of nitrogens with one attached hydrogen (secondary N) is 1. The molecule has 2 aromatic rings. The first-order chi connectivity index (χ1) is 11.1. The van der Waals surface area contributed by atoms with Gasteiger partial charge in [-0.2, -0.15) is 0 Å². The zero-order valence-electron chi connectivity index (χ0n) is 14.0. The Morgan fingerprint density at radius 2 is 1.87 bits per heavy atom. The van der Waals surface area contributed by atoms with E-state index >= 15 is 0 Å². The van der Waals surface area contributed by atoms with E-state index < -0.39 is 0 Å². The highest BCUT2D eigenvalue weighted by atomic mass is 16.5. The molecule has 0 aliphatic rings. The van der Waals surface area contributed by atoms with Gasteiger partial charge in [-0.05, 0) is 44.3 Å². The standard InChI is InChI=1S/C19H24N2O2/c1-15-8-7-11-17(12-15)23-14-19(22)20-13-18(21(2)3)16-9-5-4-6-10-16/h4-12,18H,13-14H2,1-3H3,(H,20,22)/t18-/m1/s1. The molecule has 4 nitrogen and oxygen atoms in total. The number of rotatable bonds is 7. The predicted octanol–water partition coefficient (Wildman–Crippen LogP) is 2.79. The van der Waals surface area contributed by atoms with Crippen LogP contribution in [0.25, 0.3) is 0 Å². The van der Waals surface area contributed by atoms with Crippen LogP contribution in [0.4, 0.5) is 0 Å². The van der Waals surface area contributed by atoms with Crippen LogP contribution in [0.5, 0.6) is 5.75 Å². The Labute approximate surface area is 138 Å². The molecular weight excluding hydrogens is 288 g/mol. The largest absolute Gasteiger partial charge is 0.484 e. The van der Waals surface area contributed by atoms with Crippen molar-refractivity contribution in [3.8, 4) is 5.75 Å². The minimum atomic E-state index is -0.116. The van der Waals surface area contributed by atoms with Gasteiger partial charge < -0.3 is 15.0 Å². The van der Waals surface area contributed by atoms with Gasteiger partial charge in [-0.25, -0.2) is 0 Å². The molecule has 0 unspecified atom stereocenters. The van der Waals surface area contributed by atoms with Crippen LogP contribution in [-0.4, -0.2) is 38.1 Å². The first-order valence-electron chi connectivity index (χ1n) is 7.74. The van der Waals surface area contributed by atoms with Crippen LogP contribution < -0.4 is 10.1 Å². The molecule has 2 rings (SSSR count). The van der Waals surface area contributed by atoms with Crippen molar-refractivity contribution in [3.05, 3.63) is 65.7 Å². The summed E-state index contributed by atoms with van der Waals surface area (Å²) in [6.45, 7) is 2.57. The van der Waals surface area contributed by atoms with Crippen molar-refractivity contribution in [1.29, 1.82) is 0 Å². The number of carbonyl (C=O) groups is 1. The van der Waals surface area contributed by atoms with Gasteiger partial charge in [0.05, 0.1) is 6.04 Å². The second kappa shape index (κ2) is 8.34. The van der Waals surface area contributed by atoms with Gasteiger partial charge in [0.25, 0.3) is 5.91 Å². The third-order valence-electron chi connectivity index (χ3n) is 3.66. The predicted molar refractivity (Wildman–Crippen MR) is 92.6 cm³/mol. The SMILES string of the molecule is Cc1cccc(OCC(=O)NC[C@H](c2ccccc2)N(C)C)c1. The van der Waals surface area contributed by atoms with Crippen molar-refractivity contribution in [1.82, 2.24) is 10.2 Å².